The van der Waals surface area contributed by atoms with Crippen LogP contribution in [0, 0.1) is 5.82 Å². The third-order valence-electron chi connectivity index (χ3n) is 3.61. The maximum absolute atomic E-state index is 13.1. The van der Waals surface area contributed by atoms with Crippen LogP contribution in [0.2, 0.25) is 5.02 Å². The summed E-state index contributed by atoms with van der Waals surface area (Å²) in [6.07, 6.45) is 1.22. The summed E-state index contributed by atoms with van der Waals surface area (Å²) < 4.78 is 18.8. The molecule has 1 aliphatic rings. The van der Waals surface area contributed by atoms with E-state index in [1.54, 1.807) is 6.07 Å². The highest BCUT2D eigenvalue weighted by Crippen LogP contribution is 2.29. The molecule has 2 atom stereocenters. The molecule has 3 nitrogen and oxygen atoms in total. The summed E-state index contributed by atoms with van der Waals surface area (Å²) >= 11 is 6.14. The predicted molar refractivity (Wildman–Crippen MR) is 74.8 cm³/mol. The van der Waals surface area contributed by atoms with Crippen LogP contribution in [0.3, 0.4) is 0 Å². The second-order valence-corrected chi connectivity index (χ2v) is 5.22. The molecule has 0 radical (unpaired) electrons. The van der Waals surface area contributed by atoms with E-state index in [9.17, 15) is 4.39 Å². The molecule has 0 aromatic heterocycles. The Balaban J connectivity index is 2.19. The molecule has 1 aromatic carbocycles. The molecule has 0 aliphatic carbocycles. The first kappa shape index (κ1) is 14.7. The van der Waals surface area contributed by atoms with Gasteiger partial charge in [-0.1, -0.05) is 24.6 Å². The van der Waals surface area contributed by atoms with Gasteiger partial charge in [0.05, 0.1) is 12.7 Å². The lowest BCUT2D eigenvalue weighted by Crippen LogP contribution is -2.46. The summed E-state index contributed by atoms with van der Waals surface area (Å²) in [5, 5.41) is 0.440. The maximum atomic E-state index is 13.1. The van der Waals surface area contributed by atoms with Gasteiger partial charge in [0.25, 0.3) is 0 Å². The number of hydrogen-bond donors (Lipinski definition) is 1. The molecule has 0 amide bonds. The summed E-state index contributed by atoms with van der Waals surface area (Å²) in [4.78, 5) is 2.27. The van der Waals surface area contributed by atoms with E-state index in [0.717, 1.165) is 25.1 Å². The molecule has 1 aliphatic heterocycles. The standard InChI is InChI=1S/C14H20ClFN2O/c1-2-11-9-18(5-6-19-11)14(8-17)12-4-3-10(16)7-13(12)15/h3-4,7,11,14H,2,5-6,8-9,17H2,1H3. The number of rotatable bonds is 4. The molecule has 2 unspecified atom stereocenters. The molecular formula is C14H20ClFN2O. The Morgan fingerprint density at radius 3 is 3.00 bits per heavy atom. The van der Waals surface area contributed by atoms with E-state index >= 15 is 0 Å². The summed E-state index contributed by atoms with van der Waals surface area (Å²) in [5.41, 5.74) is 6.79. The first-order chi connectivity index (χ1) is 9.15. The summed E-state index contributed by atoms with van der Waals surface area (Å²) in [6.45, 7) is 4.93. The topological polar surface area (TPSA) is 38.5 Å². The van der Waals surface area contributed by atoms with Gasteiger partial charge in [-0.2, -0.15) is 0 Å². The van der Waals surface area contributed by atoms with Crippen LogP contribution in [-0.4, -0.2) is 37.2 Å². The predicted octanol–water partition coefficient (Wildman–Crippen LogP) is 2.59. The summed E-state index contributed by atoms with van der Waals surface area (Å²) in [6, 6.07) is 4.52. The molecule has 0 spiro atoms. The number of ether oxygens (including phenoxy) is 1. The molecule has 0 bridgehead atoms. The largest absolute Gasteiger partial charge is 0.376 e. The third kappa shape index (κ3) is 3.45. The lowest BCUT2D eigenvalue weighted by molar-refractivity contribution is -0.0437. The fraction of sp³-hybridized carbons (Fsp3) is 0.571. The van der Waals surface area contributed by atoms with Gasteiger partial charge in [0.1, 0.15) is 5.82 Å². The fourth-order valence-corrected chi connectivity index (χ4v) is 2.81. The fourth-order valence-electron chi connectivity index (χ4n) is 2.52. The van der Waals surface area contributed by atoms with Gasteiger partial charge in [0.15, 0.2) is 0 Å². The van der Waals surface area contributed by atoms with Crippen LogP contribution < -0.4 is 5.73 Å². The van der Waals surface area contributed by atoms with E-state index in [1.165, 1.54) is 12.1 Å². The Labute approximate surface area is 118 Å². The Morgan fingerprint density at radius 2 is 2.37 bits per heavy atom. The quantitative estimate of drug-likeness (QED) is 0.925. The lowest BCUT2D eigenvalue weighted by Gasteiger charge is -2.38. The van der Waals surface area contributed by atoms with Crippen LogP contribution in [0.25, 0.3) is 0 Å². The minimum Gasteiger partial charge on any atom is -0.376 e. The zero-order chi connectivity index (χ0) is 13.8. The number of hydrogen-bond acceptors (Lipinski definition) is 3. The average Bonchev–Trinajstić information content (AvgIpc) is 2.42. The SMILES string of the molecule is CCC1CN(C(CN)c2ccc(F)cc2Cl)CCO1. The Hall–Kier alpha value is -0.680. The van der Waals surface area contributed by atoms with Gasteiger partial charge in [0, 0.05) is 30.7 Å². The van der Waals surface area contributed by atoms with Gasteiger partial charge in [-0.05, 0) is 24.1 Å². The van der Waals surface area contributed by atoms with Crippen molar-refractivity contribution in [2.75, 3.05) is 26.2 Å². The zero-order valence-electron chi connectivity index (χ0n) is 11.1. The van der Waals surface area contributed by atoms with Crippen molar-refractivity contribution in [3.63, 3.8) is 0 Å². The molecule has 2 rings (SSSR count). The van der Waals surface area contributed by atoms with E-state index in [1.807, 2.05) is 0 Å². The monoisotopic (exact) mass is 286 g/mol. The highest BCUT2D eigenvalue weighted by atomic mass is 35.5. The molecule has 5 heteroatoms. The molecule has 1 saturated heterocycles. The van der Waals surface area contributed by atoms with Crippen LogP contribution in [0.4, 0.5) is 4.39 Å². The van der Waals surface area contributed by atoms with Gasteiger partial charge in [-0.3, -0.25) is 4.90 Å². The Morgan fingerprint density at radius 1 is 1.58 bits per heavy atom. The lowest BCUT2D eigenvalue weighted by atomic mass is 10.0. The first-order valence-electron chi connectivity index (χ1n) is 6.66. The summed E-state index contributed by atoms with van der Waals surface area (Å²) in [5.74, 6) is -0.321. The first-order valence-corrected chi connectivity index (χ1v) is 7.04. The van der Waals surface area contributed by atoms with Crippen molar-refractivity contribution in [1.82, 2.24) is 4.90 Å². The number of benzene rings is 1. The van der Waals surface area contributed by atoms with Gasteiger partial charge >= 0.3 is 0 Å². The van der Waals surface area contributed by atoms with Gasteiger partial charge in [-0.15, -0.1) is 0 Å². The minimum absolute atomic E-state index is 0.0195. The van der Waals surface area contributed by atoms with Crippen LogP contribution >= 0.6 is 11.6 Å². The second-order valence-electron chi connectivity index (χ2n) is 4.81. The van der Waals surface area contributed by atoms with Crippen molar-refractivity contribution in [3.8, 4) is 0 Å². The molecule has 1 aromatic rings. The molecular weight excluding hydrogens is 267 g/mol. The smallest absolute Gasteiger partial charge is 0.124 e. The van der Waals surface area contributed by atoms with Crippen LogP contribution in [0.5, 0.6) is 0 Å². The summed E-state index contributed by atoms with van der Waals surface area (Å²) in [7, 11) is 0. The number of nitrogens with two attached hydrogens (primary N) is 1. The molecule has 19 heavy (non-hydrogen) atoms. The normalized spacial score (nSPS) is 22.4. The Kier molecular flexibility index (Phi) is 5.16. The van der Waals surface area contributed by atoms with Gasteiger partial charge in [0.2, 0.25) is 0 Å². The number of halogens is 2. The van der Waals surface area contributed by atoms with Crippen molar-refractivity contribution in [3.05, 3.63) is 34.6 Å². The number of morpholine rings is 1. The molecule has 1 heterocycles. The van der Waals surface area contributed by atoms with Gasteiger partial charge < -0.3 is 10.5 Å². The van der Waals surface area contributed by atoms with Crippen LogP contribution in [0.1, 0.15) is 24.9 Å². The van der Waals surface area contributed by atoms with Gasteiger partial charge in [-0.25, -0.2) is 4.39 Å². The van der Waals surface area contributed by atoms with E-state index in [0.29, 0.717) is 18.2 Å². The van der Waals surface area contributed by atoms with Crippen molar-refractivity contribution in [2.24, 2.45) is 5.73 Å². The molecule has 1 fully saturated rings. The van der Waals surface area contributed by atoms with Crippen molar-refractivity contribution in [1.29, 1.82) is 0 Å². The second kappa shape index (κ2) is 6.66. The minimum atomic E-state index is -0.321. The van der Waals surface area contributed by atoms with Crippen LogP contribution in [0.15, 0.2) is 18.2 Å². The van der Waals surface area contributed by atoms with Crippen molar-refractivity contribution >= 4 is 11.6 Å². The maximum Gasteiger partial charge on any atom is 0.124 e. The molecule has 106 valence electrons. The van der Waals surface area contributed by atoms with Crippen molar-refractivity contribution in [2.45, 2.75) is 25.5 Å². The number of nitrogens with zero attached hydrogens (tertiary/aromatic N) is 1. The molecule has 0 saturated carbocycles. The third-order valence-corrected chi connectivity index (χ3v) is 3.94. The zero-order valence-corrected chi connectivity index (χ0v) is 11.9. The molecule has 2 N–H and O–H groups in total. The van der Waals surface area contributed by atoms with E-state index in [-0.39, 0.29) is 18.0 Å². The average molecular weight is 287 g/mol. The Bertz CT molecular complexity index is 430. The van der Waals surface area contributed by atoms with E-state index in [4.69, 9.17) is 22.1 Å². The van der Waals surface area contributed by atoms with Crippen molar-refractivity contribution < 1.29 is 9.13 Å². The van der Waals surface area contributed by atoms with E-state index < -0.39 is 0 Å². The highest BCUT2D eigenvalue weighted by Gasteiger charge is 2.27. The highest BCUT2D eigenvalue weighted by molar-refractivity contribution is 6.31. The van der Waals surface area contributed by atoms with E-state index in [2.05, 4.69) is 11.8 Å². The van der Waals surface area contributed by atoms with Crippen LogP contribution in [-0.2, 0) is 4.74 Å².